The van der Waals surface area contributed by atoms with Gasteiger partial charge in [-0.1, -0.05) is 43.2 Å². The first-order valence-electron chi connectivity index (χ1n) is 14.5. The van der Waals surface area contributed by atoms with Gasteiger partial charge in [0.25, 0.3) is 5.91 Å². The number of rotatable bonds is 7. The quantitative estimate of drug-likeness (QED) is 0.281. The molecule has 0 unspecified atom stereocenters. The fourth-order valence-corrected chi connectivity index (χ4v) is 6.38. The zero-order valence-corrected chi connectivity index (χ0v) is 23.5. The van der Waals surface area contributed by atoms with Crippen LogP contribution in [0.15, 0.2) is 60.7 Å². The SMILES string of the molecule is Cc1ccc(NC[C@H]2CCCN(C(=O)c3c(C)cccc3F)[C@H]2c2ccc(NC3CCCC3)cc2)cc1C(F)(F)F. The third kappa shape index (κ3) is 6.52. The summed E-state index contributed by atoms with van der Waals surface area (Å²) in [6.07, 6.45) is 1.80. The number of benzene rings is 3. The first kappa shape index (κ1) is 29.0. The minimum atomic E-state index is -4.44. The lowest BCUT2D eigenvalue weighted by Crippen LogP contribution is -2.45. The van der Waals surface area contributed by atoms with Gasteiger partial charge in [0.05, 0.1) is 17.2 Å². The maximum absolute atomic E-state index is 14.9. The van der Waals surface area contributed by atoms with Crippen molar-refractivity contribution in [3.8, 4) is 0 Å². The predicted octanol–water partition coefficient (Wildman–Crippen LogP) is 8.52. The van der Waals surface area contributed by atoms with Gasteiger partial charge in [-0.2, -0.15) is 13.2 Å². The smallest absolute Gasteiger partial charge is 0.385 e. The maximum atomic E-state index is 14.9. The van der Waals surface area contributed by atoms with Gasteiger partial charge in [-0.15, -0.1) is 0 Å². The molecule has 3 aromatic carbocycles. The van der Waals surface area contributed by atoms with E-state index in [9.17, 15) is 22.4 Å². The summed E-state index contributed by atoms with van der Waals surface area (Å²) in [6, 6.07) is 17.1. The number of halogens is 4. The number of piperidine rings is 1. The Labute approximate surface area is 239 Å². The molecule has 2 fully saturated rings. The number of alkyl halides is 3. The van der Waals surface area contributed by atoms with E-state index in [1.165, 1.54) is 31.9 Å². The van der Waals surface area contributed by atoms with Gasteiger partial charge in [-0.05, 0) is 86.6 Å². The molecule has 2 atom stereocenters. The average Bonchev–Trinajstić information content (AvgIpc) is 3.45. The maximum Gasteiger partial charge on any atom is 0.416 e. The van der Waals surface area contributed by atoms with Gasteiger partial charge in [0, 0.05) is 36.4 Å². The largest absolute Gasteiger partial charge is 0.416 e. The fraction of sp³-hybridized carbons (Fsp3) is 0.424. The molecule has 0 aromatic heterocycles. The second-order valence-corrected chi connectivity index (χ2v) is 11.4. The van der Waals surface area contributed by atoms with E-state index in [0.717, 1.165) is 36.6 Å². The lowest BCUT2D eigenvalue weighted by molar-refractivity contribution is -0.138. The Kier molecular flexibility index (Phi) is 8.57. The van der Waals surface area contributed by atoms with Gasteiger partial charge in [0.1, 0.15) is 5.82 Å². The first-order chi connectivity index (χ1) is 19.6. The summed E-state index contributed by atoms with van der Waals surface area (Å²) < 4.78 is 55.5. The van der Waals surface area contributed by atoms with Crippen LogP contribution in [-0.4, -0.2) is 29.9 Å². The van der Waals surface area contributed by atoms with Gasteiger partial charge in [-0.25, -0.2) is 4.39 Å². The normalized spacial score (nSPS) is 19.8. The van der Waals surface area contributed by atoms with Crippen LogP contribution in [0, 0.1) is 25.6 Å². The van der Waals surface area contributed by atoms with Gasteiger partial charge < -0.3 is 15.5 Å². The Hall–Kier alpha value is -3.55. The molecule has 1 heterocycles. The van der Waals surface area contributed by atoms with Crippen LogP contribution in [0.5, 0.6) is 0 Å². The topological polar surface area (TPSA) is 44.4 Å². The highest BCUT2D eigenvalue weighted by atomic mass is 19.4. The molecular weight excluding hydrogens is 530 g/mol. The number of carbonyl (C=O) groups is 1. The van der Waals surface area contributed by atoms with E-state index in [4.69, 9.17) is 0 Å². The van der Waals surface area contributed by atoms with Crippen LogP contribution >= 0.6 is 0 Å². The zero-order chi connectivity index (χ0) is 29.1. The first-order valence-corrected chi connectivity index (χ1v) is 14.5. The Morgan fingerprint density at radius 3 is 2.29 bits per heavy atom. The Balaban J connectivity index is 1.43. The molecule has 1 amide bonds. The van der Waals surface area contributed by atoms with Crippen molar-refractivity contribution in [3.05, 3.63) is 94.3 Å². The van der Waals surface area contributed by atoms with Crippen molar-refractivity contribution in [2.24, 2.45) is 5.92 Å². The van der Waals surface area contributed by atoms with E-state index >= 15 is 0 Å². The number of aryl methyl sites for hydroxylation is 2. The number of nitrogens with zero attached hydrogens (tertiary/aromatic N) is 1. The Morgan fingerprint density at radius 2 is 1.61 bits per heavy atom. The van der Waals surface area contributed by atoms with E-state index in [2.05, 4.69) is 10.6 Å². The van der Waals surface area contributed by atoms with Crippen molar-refractivity contribution < 1.29 is 22.4 Å². The third-order valence-electron chi connectivity index (χ3n) is 8.54. The second-order valence-electron chi connectivity index (χ2n) is 11.4. The van der Waals surface area contributed by atoms with Crippen LogP contribution in [-0.2, 0) is 6.18 Å². The molecular formula is C33H37F4N3O. The summed E-state index contributed by atoms with van der Waals surface area (Å²) in [7, 11) is 0. The zero-order valence-electron chi connectivity index (χ0n) is 23.5. The molecule has 1 aliphatic heterocycles. The van der Waals surface area contributed by atoms with Crippen LogP contribution in [0.3, 0.4) is 0 Å². The van der Waals surface area contributed by atoms with E-state index in [1.807, 2.05) is 24.3 Å². The molecule has 218 valence electrons. The number of carbonyl (C=O) groups excluding carboxylic acids is 1. The van der Waals surface area contributed by atoms with Crippen molar-refractivity contribution in [1.82, 2.24) is 4.90 Å². The van der Waals surface area contributed by atoms with Crippen molar-refractivity contribution >= 4 is 17.3 Å². The van der Waals surface area contributed by atoms with Gasteiger partial charge in [0.2, 0.25) is 0 Å². The Bertz CT molecular complexity index is 1350. The van der Waals surface area contributed by atoms with Gasteiger partial charge in [-0.3, -0.25) is 4.79 Å². The van der Waals surface area contributed by atoms with E-state index < -0.39 is 17.6 Å². The van der Waals surface area contributed by atoms with Gasteiger partial charge in [0.15, 0.2) is 0 Å². The summed E-state index contributed by atoms with van der Waals surface area (Å²) in [5.74, 6) is -1.01. The molecule has 2 aliphatic rings. The summed E-state index contributed by atoms with van der Waals surface area (Å²) >= 11 is 0. The minimum absolute atomic E-state index is 0.0685. The molecule has 1 aliphatic carbocycles. The molecule has 5 rings (SSSR count). The fourth-order valence-electron chi connectivity index (χ4n) is 6.38. The average molecular weight is 568 g/mol. The number of hydrogen-bond donors (Lipinski definition) is 2. The highest BCUT2D eigenvalue weighted by Crippen LogP contribution is 2.39. The summed E-state index contributed by atoms with van der Waals surface area (Å²) in [5, 5.41) is 6.80. The van der Waals surface area contributed by atoms with Crippen LogP contribution in [0.4, 0.5) is 28.9 Å². The molecule has 0 bridgehead atoms. The van der Waals surface area contributed by atoms with Crippen molar-refractivity contribution in [1.29, 1.82) is 0 Å². The molecule has 4 nitrogen and oxygen atoms in total. The molecule has 41 heavy (non-hydrogen) atoms. The predicted molar refractivity (Wildman–Crippen MR) is 155 cm³/mol. The van der Waals surface area contributed by atoms with E-state index in [1.54, 1.807) is 30.0 Å². The third-order valence-corrected chi connectivity index (χ3v) is 8.54. The summed E-state index contributed by atoms with van der Waals surface area (Å²) in [6.45, 7) is 4.02. The molecule has 0 spiro atoms. The number of anilines is 2. The van der Waals surface area contributed by atoms with Crippen molar-refractivity contribution in [2.45, 2.75) is 70.6 Å². The van der Waals surface area contributed by atoms with E-state index in [-0.39, 0.29) is 29.0 Å². The lowest BCUT2D eigenvalue weighted by Gasteiger charge is -2.42. The molecule has 8 heteroatoms. The minimum Gasteiger partial charge on any atom is -0.385 e. The standard InChI is InChI=1S/C33H37F4N3O/c1-21-12-15-27(19-28(21)33(35,36)37)38-20-24-8-6-18-40(32(41)30-22(2)7-5-11-29(30)34)31(24)23-13-16-26(17-14-23)39-25-9-3-4-10-25/h5,7,11-17,19,24-25,31,38-39H,3-4,6,8-10,18,20H2,1-2H3/t24-,31+/m1/s1. The van der Waals surface area contributed by atoms with Crippen LogP contribution in [0.25, 0.3) is 0 Å². The van der Waals surface area contributed by atoms with Crippen LogP contribution in [0.2, 0.25) is 0 Å². The number of likely N-dealkylation sites (tertiary alicyclic amines) is 1. The molecule has 3 aromatic rings. The van der Waals surface area contributed by atoms with E-state index in [0.29, 0.717) is 36.8 Å². The Morgan fingerprint density at radius 1 is 0.902 bits per heavy atom. The van der Waals surface area contributed by atoms with Crippen molar-refractivity contribution in [2.75, 3.05) is 23.7 Å². The van der Waals surface area contributed by atoms with Gasteiger partial charge >= 0.3 is 6.18 Å². The molecule has 1 saturated carbocycles. The summed E-state index contributed by atoms with van der Waals surface area (Å²) in [5.41, 5.74) is 2.47. The molecule has 0 radical (unpaired) electrons. The lowest BCUT2D eigenvalue weighted by atomic mass is 9.83. The number of amides is 1. The molecule has 2 N–H and O–H groups in total. The van der Waals surface area contributed by atoms with Crippen molar-refractivity contribution in [3.63, 3.8) is 0 Å². The number of hydrogen-bond acceptors (Lipinski definition) is 3. The second kappa shape index (κ2) is 12.1. The van der Waals surface area contributed by atoms with Crippen LogP contribution < -0.4 is 10.6 Å². The highest BCUT2D eigenvalue weighted by molar-refractivity contribution is 5.96. The summed E-state index contributed by atoms with van der Waals surface area (Å²) in [4.78, 5) is 15.6. The number of nitrogens with one attached hydrogen (secondary N) is 2. The monoisotopic (exact) mass is 567 g/mol. The molecule has 1 saturated heterocycles. The highest BCUT2D eigenvalue weighted by Gasteiger charge is 2.37. The van der Waals surface area contributed by atoms with Crippen LogP contribution in [0.1, 0.15) is 77.2 Å².